The number of aryl methyl sites for hydroxylation is 1. The van der Waals surface area contributed by atoms with Crippen molar-refractivity contribution in [3.63, 3.8) is 0 Å². The summed E-state index contributed by atoms with van der Waals surface area (Å²) in [6.07, 6.45) is 11.5. The van der Waals surface area contributed by atoms with Crippen LogP contribution in [0.25, 0.3) is 0 Å². The second kappa shape index (κ2) is 14.2. The number of ether oxygens (including phenoxy) is 2. The van der Waals surface area contributed by atoms with Crippen LogP contribution in [0, 0.1) is 23.7 Å². The Morgan fingerprint density at radius 3 is 2.54 bits per heavy atom. The lowest BCUT2D eigenvalue weighted by atomic mass is 9.68. The van der Waals surface area contributed by atoms with Gasteiger partial charge in [0.1, 0.15) is 5.75 Å². The molecule has 4 aliphatic rings. The van der Waals surface area contributed by atoms with Crippen molar-refractivity contribution in [2.45, 2.75) is 95.4 Å². The highest BCUT2D eigenvalue weighted by Gasteiger charge is 2.47. The van der Waals surface area contributed by atoms with Crippen LogP contribution in [0.2, 0.25) is 23.2 Å². The summed E-state index contributed by atoms with van der Waals surface area (Å²) in [5, 5.41) is 6.23. The summed E-state index contributed by atoms with van der Waals surface area (Å²) in [5.74, 6) is 1.37. The SMILES string of the molecule is COC(=O)c1ccc2c(c1)N(C[C@@H]1CC[C@H]1[C@H](/C=C\[C@H]1CC[C@@H]1CS(N)(=O)=O)O[Si](C)(C)C(C)(C)C)C[C@@]1(CCCc3cc(Cl)ccc31)CO2. The minimum absolute atomic E-state index is 0.0307. The molecule has 0 amide bonds. The quantitative estimate of drug-likeness (QED) is 0.150. The number of anilines is 1. The van der Waals surface area contributed by atoms with Gasteiger partial charge in [-0.1, -0.05) is 50.6 Å². The Labute approximate surface area is 305 Å². The Morgan fingerprint density at radius 2 is 1.90 bits per heavy atom. The number of carbonyl (C=O) groups excluding carboxylic acids is 1. The summed E-state index contributed by atoms with van der Waals surface area (Å²) in [4.78, 5) is 15.2. The molecule has 6 rings (SSSR count). The zero-order chi connectivity index (χ0) is 36.1. The number of hydrogen-bond acceptors (Lipinski definition) is 7. The largest absolute Gasteiger partial charge is 0.490 e. The third-order valence-electron chi connectivity index (χ3n) is 12.5. The molecule has 2 aromatic carbocycles. The molecule has 2 aromatic rings. The van der Waals surface area contributed by atoms with Gasteiger partial charge in [-0.15, -0.1) is 0 Å². The van der Waals surface area contributed by atoms with Gasteiger partial charge in [-0.3, -0.25) is 0 Å². The van der Waals surface area contributed by atoms with Crippen molar-refractivity contribution < 1.29 is 27.1 Å². The maximum atomic E-state index is 12.7. The van der Waals surface area contributed by atoms with Crippen molar-refractivity contribution in [2.75, 3.05) is 37.5 Å². The number of carbonyl (C=O) groups is 1. The number of rotatable bonds is 10. The first kappa shape index (κ1) is 37.4. The van der Waals surface area contributed by atoms with Gasteiger partial charge in [0.2, 0.25) is 10.0 Å². The van der Waals surface area contributed by atoms with Crippen molar-refractivity contribution in [1.29, 1.82) is 0 Å². The number of hydrogen-bond donors (Lipinski definition) is 1. The molecular formula is C39H55ClN2O6SSi. The van der Waals surface area contributed by atoms with Gasteiger partial charge >= 0.3 is 5.97 Å². The van der Waals surface area contributed by atoms with Crippen LogP contribution in [0.5, 0.6) is 5.75 Å². The molecule has 11 heteroatoms. The number of sulfonamides is 1. The average Bonchev–Trinajstić information content (AvgIpc) is 3.16. The number of primary sulfonamides is 1. The number of methoxy groups -OCH3 is 1. The number of esters is 1. The van der Waals surface area contributed by atoms with Crippen LogP contribution in [-0.2, 0) is 31.0 Å². The molecule has 1 spiro atoms. The summed E-state index contributed by atoms with van der Waals surface area (Å²) in [5.41, 5.74) is 3.81. The monoisotopic (exact) mass is 742 g/mol. The smallest absolute Gasteiger partial charge is 0.337 e. The van der Waals surface area contributed by atoms with Crippen LogP contribution in [-0.4, -0.2) is 61.4 Å². The number of allylic oxidation sites excluding steroid dienone is 1. The van der Waals surface area contributed by atoms with Crippen LogP contribution < -0.4 is 14.8 Å². The fourth-order valence-electron chi connectivity index (χ4n) is 8.29. The lowest BCUT2D eigenvalue weighted by Gasteiger charge is -2.48. The van der Waals surface area contributed by atoms with Crippen LogP contribution in [0.1, 0.15) is 80.8 Å². The first-order chi connectivity index (χ1) is 23.5. The van der Waals surface area contributed by atoms with Crippen molar-refractivity contribution in [2.24, 2.45) is 28.8 Å². The molecular weight excluding hydrogens is 688 g/mol. The van der Waals surface area contributed by atoms with E-state index in [4.69, 9.17) is 30.6 Å². The second-order valence-electron chi connectivity index (χ2n) is 16.8. The van der Waals surface area contributed by atoms with E-state index in [1.807, 2.05) is 18.2 Å². The Balaban J connectivity index is 1.32. The molecule has 2 saturated carbocycles. The van der Waals surface area contributed by atoms with Gasteiger partial charge in [0.15, 0.2) is 8.32 Å². The highest BCUT2D eigenvalue weighted by atomic mass is 35.5. The van der Waals surface area contributed by atoms with Crippen molar-refractivity contribution in [3.8, 4) is 5.75 Å². The Kier molecular flexibility index (Phi) is 10.6. The van der Waals surface area contributed by atoms with E-state index >= 15 is 0 Å². The normalized spacial score (nSPS) is 27.4. The first-order valence-corrected chi connectivity index (χ1v) is 23.2. The van der Waals surface area contributed by atoms with Gasteiger partial charge in [-0.25, -0.2) is 18.4 Å². The fourth-order valence-corrected chi connectivity index (χ4v) is 10.8. The zero-order valence-electron chi connectivity index (χ0n) is 30.5. The average molecular weight is 743 g/mol. The van der Waals surface area contributed by atoms with E-state index in [2.05, 4.69) is 63.0 Å². The molecule has 1 heterocycles. The third-order valence-corrected chi connectivity index (χ3v) is 18.1. The van der Waals surface area contributed by atoms with E-state index in [-0.39, 0.29) is 40.1 Å². The molecule has 1 aliphatic heterocycles. The van der Waals surface area contributed by atoms with Crippen LogP contribution in [0.4, 0.5) is 5.69 Å². The van der Waals surface area contributed by atoms with Gasteiger partial charge in [-0.05, 0) is 128 Å². The number of halogens is 1. The second-order valence-corrected chi connectivity index (χ2v) is 23.7. The lowest BCUT2D eigenvalue weighted by molar-refractivity contribution is 0.0519. The molecule has 0 bridgehead atoms. The molecule has 0 saturated heterocycles. The van der Waals surface area contributed by atoms with Crippen molar-refractivity contribution in [3.05, 3.63) is 70.3 Å². The van der Waals surface area contributed by atoms with E-state index in [0.29, 0.717) is 24.0 Å². The maximum absolute atomic E-state index is 12.7. The topological polar surface area (TPSA) is 108 Å². The predicted octanol–water partition coefficient (Wildman–Crippen LogP) is 7.89. The number of benzene rings is 2. The summed E-state index contributed by atoms with van der Waals surface area (Å²) >= 11 is 6.48. The van der Waals surface area contributed by atoms with Crippen LogP contribution in [0.3, 0.4) is 0 Å². The molecule has 0 radical (unpaired) electrons. The molecule has 2 fully saturated rings. The van der Waals surface area contributed by atoms with Gasteiger partial charge in [-0.2, -0.15) is 0 Å². The fraction of sp³-hybridized carbons (Fsp3) is 0.615. The molecule has 0 unspecified atom stereocenters. The minimum atomic E-state index is -3.52. The van der Waals surface area contributed by atoms with Gasteiger partial charge in [0, 0.05) is 23.5 Å². The number of fused-ring (bicyclic) bond motifs is 3. The molecule has 8 nitrogen and oxygen atoms in total. The zero-order valence-corrected chi connectivity index (χ0v) is 33.1. The molecule has 50 heavy (non-hydrogen) atoms. The number of nitrogens with two attached hydrogens (primary N) is 1. The van der Waals surface area contributed by atoms with Gasteiger partial charge in [0.25, 0.3) is 0 Å². The van der Waals surface area contributed by atoms with E-state index in [1.165, 1.54) is 18.2 Å². The van der Waals surface area contributed by atoms with E-state index in [9.17, 15) is 13.2 Å². The summed E-state index contributed by atoms with van der Waals surface area (Å²) in [6.45, 7) is 13.6. The Hall–Kier alpha value is -2.37. The molecule has 6 atom stereocenters. The van der Waals surface area contributed by atoms with Gasteiger partial charge in [0.05, 0.1) is 36.8 Å². The highest BCUT2D eigenvalue weighted by Crippen LogP contribution is 2.48. The standard InChI is InChI=1S/C39H55ClN2O6SSi/c1-38(2,3)50(5,6)48-35(17-12-26-9-10-30(26)23-49(41,44)45)32-15-11-29(32)22-42-24-39(19-7-8-27-20-31(40)14-16-33(27)39)25-47-36-18-13-28(21-34(36)42)37(43)46-4/h12-14,16-18,20-21,26,29-30,32,35H,7-11,15,19,22-25H2,1-6H3,(H2,41,44,45)/b17-12-/t26-,29+,30-,32-,35+,39+/m1/s1. The molecule has 0 aromatic heterocycles. The molecule has 3 aliphatic carbocycles. The van der Waals surface area contributed by atoms with Crippen molar-refractivity contribution in [1.82, 2.24) is 0 Å². The Morgan fingerprint density at radius 1 is 1.14 bits per heavy atom. The first-order valence-electron chi connectivity index (χ1n) is 18.2. The third kappa shape index (κ3) is 7.84. The lowest BCUT2D eigenvalue weighted by Crippen LogP contribution is -2.52. The molecule has 2 N–H and O–H groups in total. The van der Waals surface area contributed by atoms with E-state index in [0.717, 1.165) is 74.5 Å². The minimum Gasteiger partial charge on any atom is -0.490 e. The summed E-state index contributed by atoms with van der Waals surface area (Å²) < 4.78 is 42.7. The summed E-state index contributed by atoms with van der Waals surface area (Å²) in [7, 11) is -4.25. The molecule has 274 valence electrons. The summed E-state index contributed by atoms with van der Waals surface area (Å²) in [6, 6.07) is 11.9. The number of nitrogens with zero attached hydrogens (tertiary/aromatic N) is 1. The maximum Gasteiger partial charge on any atom is 0.337 e. The van der Waals surface area contributed by atoms with Crippen LogP contribution >= 0.6 is 11.6 Å². The van der Waals surface area contributed by atoms with Crippen molar-refractivity contribution >= 4 is 41.6 Å². The highest BCUT2D eigenvalue weighted by molar-refractivity contribution is 7.89. The van der Waals surface area contributed by atoms with E-state index in [1.54, 1.807) is 6.07 Å². The van der Waals surface area contributed by atoms with Gasteiger partial charge < -0.3 is 18.8 Å². The predicted molar refractivity (Wildman–Crippen MR) is 203 cm³/mol. The Bertz CT molecular complexity index is 1730. The van der Waals surface area contributed by atoms with Crippen LogP contribution in [0.15, 0.2) is 48.6 Å². The van der Waals surface area contributed by atoms with E-state index < -0.39 is 18.3 Å².